The first kappa shape index (κ1) is 17.5. The highest BCUT2D eigenvalue weighted by molar-refractivity contribution is 7.99. The summed E-state index contributed by atoms with van der Waals surface area (Å²) >= 11 is 1.84. The highest BCUT2D eigenvalue weighted by Gasteiger charge is 2.46. The molecule has 0 unspecified atom stereocenters. The van der Waals surface area contributed by atoms with E-state index in [1.54, 1.807) is 13.2 Å². The Hall–Kier alpha value is -1.32. The van der Waals surface area contributed by atoms with Crippen LogP contribution in [0.25, 0.3) is 0 Å². The minimum absolute atomic E-state index is 0.0568. The fraction of sp³-hybridized carbons (Fsp3) is 0.476. The van der Waals surface area contributed by atoms with Gasteiger partial charge < -0.3 is 4.74 Å². The maximum atomic E-state index is 12.6. The molecule has 128 valence electrons. The number of benzene rings is 1. The molecule has 3 rings (SSSR count). The number of rotatable bonds is 5. The van der Waals surface area contributed by atoms with Crippen LogP contribution < -0.4 is 0 Å². The number of methoxy groups -OCH3 is 1. The highest BCUT2D eigenvalue weighted by atomic mass is 32.2. The van der Waals surface area contributed by atoms with Gasteiger partial charge in [-0.2, -0.15) is 0 Å². The van der Waals surface area contributed by atoms with Gasteiger partial charge in [0, 0.05) is 29.6 Å². The molecule has 0 saturated carbocycles. The van der Waals surface area contributed by atoms with Crippen LogP contribution in [0.1, 0.15) is 20.3 Å². The number of fused-ring (bicyclic) bond motifs is 1. The lowest BCUT2D eigenvalue weighted by atomic mass is 9.58. The summed E-state index contributed by atoms with van der Waals surface area (Å²) in [6.07, 6.45) is 7.25. The van der Waals surface area contributed by atoms with Gasteiger partial charge in [0.2, 0.25) is 0 Å². The van der Waals surface area contributed by atoms with E-state index in [1.165, 1.54) is 10.5 Å². The van der Waals surface area contributed by atoms with Crippen LogP contribution >= 0.6 is 11.8 Å². The Labute approximate surface area is 149 Å². The second-order valence-electron chi connectivity index (χ2n) is 7.37. The van der Waals surface area contributed by atoms with E-state index in [9.17, 15) is 4.79 Å². The van der Waals surface area contributed by atoms with Crippen molar-refractivity contribution < 1.29 is 9.53 Å². The number of carbonyl (C=O) groups is 1. The molecule has 0 spiro atoms. The molecule has 24 heavy (non-hydrogen) atoms. The van der Waals surface area contributed by atoms with Gasteiger partial charge in [0.05, 0.1) is 6.61 Å². The Morgan fingerprint density at radius 3 is 2.71 bits per heavy atom. The van der Waals surface area contributed by atoms with Crippen LogP contribution in [0.3, 0.4) is 0 Å². The summed E-state index contributed by atoms with van der Waals surface area (Å²) in [4.78, 5) is 13.9. The molecule has 2 aliphatic carbocycles. The number of ketones is 1. The van der Waals surface area contributed by atoms with Crippen molar-refractivity contribution in [1.82, 2.24) is 0 Å². The van der Waals surface area contributed by atoms with Crippen molar-refractivity contribution in [1.29, 1.82) is 0 Å². The molecule has 1 aromatic carbocycles. The molecule has 0 radical (unpaired) electrons. The second kappa shape index (κ2) is 7.28. The zero-order valence-electron chi connectivity index (χ0n) is 14.7. The fourth-order valence-electron chi connectivity index (χ4n) is 4.02. The van der Waals surface area contributed by atoms with Crippen LogP contribution in [0.15, 0.2) is 59.0 Å². The van der Waals surface area contributed by atoms with Crippen molar-refractivity contribution in [2.24, 2.45) is 23.2 Å². The van der Waals surface area contributed by atoms with Gasteiger partial charge in [0.25, 0.3) is 0 Å². The van der Waals surface area contributed by atoms with Gasteiger partial charge in [-0.25, -0.2) is 0 Å². The van der Waals surface area contributed by atoms with Crippen molar-refractivity contribution >= 4 is 17.5 Å². The minimum atomic E-state index is 0.0568. The number of thioether (sulfide) groups is 1. The van der Waals surface area contributed by atoms with Crippen LogP contribution in [-0.4, -0.2) is 25.3 Å². The number of hydrogen-bond acceptors (Lipinski definition) is 3. The SMILES string of the molecule is COC[C@H]1C(CSc2ccccc2)=CC[C@@H]2[C@@H]1C(=O)C=CC2(C)C. The first-order valence-electron chi connectivity index (χ1n) is 8.61. The summed E-state index contributed by atoms with van der Waals surface area (Å²) in [5.74, 6) is 1.83. The third-order valence-corrected chi connectivity index (χ3v) is 6.52. The van der Waals surface area contributed by atoms with Crippen molar-refractivity contribution in [3.8, 4) is 0 Å². The monoisotopic (exact) mass is 342 g/mol. The van der Waals surface area contributed by atoms with Gasteiger partial charge in [0.1, 0.15) is 0 Å². The summed E-state index contributed by atoms with van der Waals surface area (Å²) in [6.45, 7) is 5.11. The molecule has 2 nitrogen and oxygen atoms in total. The molecule has 0 heterocycles. The molecule has 0 aliphatic heterocycles. The number of ether oxygens (including phenoxy) is 1. The van der Waals surface area contributed by atoms with Gasteiger partial charge in [-0.1, -0.05) is 49.8 Å². The maximum absolute atomic E-state index is 12.6. The van der Waals surface area contributed by atoms with Crippen LogP contribution in [0.2, 0.25) is 0 Å². The van der Waals surface area contributed by atoms with E-state index in [1.807, 2.05) is 17.8 Å². The molecule has 0 aromatic heterocycles. The average Bonchev–Trinajstić information content (AvgIpc) is 2.58. The topological polar surface area (TPSA) is 26.3 Å². The Bertz CT molecular complexity index is 645. The molecular weight excluding hydrogens is 316 g/mol. The summed E-state index contributed by atoms with van der Waals surface area (Å²) in [7, 11) is 1.74. The zero-order chi connectivity index (χ0) is 17.2. The van der Waals surface area contributed by atoms with Gasteiger partial charge in [-0.3, -0.25) is 4.79 Å². The zero-order valence-corrected chi connectivity index (χ0v) is 15.5. The second-order valence-corrected chi connectivity index (χ2v) is 8.42. The Balaban J connectivity index is 1.82. The number of hydrogen-bond donors (Lipinski definition) is 0. The summed E-state index contributed by atoms with van der Waals surface area (Å²) in [5.41, 5.74) is 1.44. The van der Waals surface area contributed by atoms with E-state index in [2.05, 4.69) is 50.3 Å². The summed E-state index contributed by atoms with van der Waals surface area (Å²) < 4.78 is 5.50. The van der Waals surface area contributed by atoms with Gasteiger partial charge in [-0.05, 0) is 36.0 Å². The normalized spacial score (nSPS) is 28.4. The van der Waals surface area contributed by atoms with Crippen molar-refractivity contribution in [2.75, 3.05) is 19.5 Å². The Morgan fingerprint density at radius 1 is 1.25 bits per heavy atom. The van der Waals surface area contributed by atoms with Gasteiger partial charge in [-0.15, -0.1) is 11.8 Å². The van der Waals surface area contributed by atoms with Gasteiger partial charge >= 0.3 is 0 Å². The first-order valence-corrected chi connectivity index (χ1v) is 9.60. The van der Waals surface area contributed by atoms with Gasteiger partial charge in [0.15, 0.2) is 5.78 Å². The van der Waals surface area contributed by atoms with E-state index >= 15 is 0 Å². The lowest BCUT2D eigenvalue weighted by molar-refractivity contribution is -0.125. The molecule has 2 aliphatic rings. The lowest BCUT2D eigenvalue weighted by Crippen LogP contribution is -2.45. The van der Waals surface area contributed by atoms with E-state index in [0.29, 0.717) is 12.5 Å². The molecule has 3 heteroatoms. The van der Waals surface area contributed by atoms with Crippen molar-refractivity contribution in [2.45, 2.75) is 25.2 Å². The minimum Gasteiger partial charge on any atom is -0.384 e. The third kappa shape index (κ3) is 3.52. The third-order valence-electron chi connectivity index (χ3n) is 5.43. The largest absolute Gasteiger partial charge is 0.384 e. The standard InChI is InChI=1S/C21H26O2S/c1-21(2)12-11-19(22)20-17(13-23-3)15(9-10-18(20)21)14-24-16-7-5-4-6-8-16/h4-9,11-12,17-18,20H,10,13-14H2,1-3H3/t17-,18+,20+/m0/s1. The average molecular weight is 343 g/mol. The lowest BCUT2D eigenvalue weighted by Gasteiger charge is -2.46. The number of carbonyl (C=O) groups excluding carboxylic acids is 1. The molecule has 0 bridgehead atoms. The fourth-order valence-corrected chi connectivity index (χ4v) is 5.04. The molecule has 0 amide bonds. The van der Waals surface area contributed by atoms with E-state index in [0.717, 1.165) is 12.2 Å². The smallest absolute Gasteiger partial charge is 0.159 e. The quantitative estimate of drug-likeness (QED) is 0.569. The molecule has 0 N–H and O–H groups in total. The summed E-state index contributed by atoms with van der Waals surface area (Å²) in [6, 6.07) is 10.5. The molecular formula is C21H26O2S. The summed E-state index contributed by atoms with van der Waals surface area (Å²) in [5, 5.41) is 0. The van der Waals surface area contributed by atoms with E-state index in [4.69, 9.17) is 4.74 Å². The first-order chi connectivity index (χ1) is 11.5. The Kier molecular flexibility index (Phi) is 5.31. The van der Waals surface area contributed by atoms with Crippen LogP contribution in [0, 0.1) is 23.2 Å². The molecule has 0 fully saturated rings. The molecule has 1 aromatic rings. The van der Waals surface area contributed by atoms with Crippen LogP contribution in [0.5, 0.6) is 0 Å². The van der Waals surface area contributed by atoms with E-state index < -0.39 is 0 Å². The number of allylic oxidation sites excluding steroid dienone is 3. The van der Waals surface area contributed by atoms with Crippen molar-refractivity contribution in [3.63, 3.8) is 0 Å². The molecule has 3 atom stereocenters. The van der Waals surface area contributed by atoms with Crippen molar-refractivity contribution in [3.05, 3.63) is 54.1 Å². The maximum Gasteiger partial charge on any atom is 0.159 e. The molecule has 0 saturated heterocycles. The van der Waals surface area contributed by atoms with Crippen LogP contribution in [-0.2, 0) is 9.53 Å². The highest BCUT2D eigenvalue weighted by Crippen LogP contribution is 2.49. The predicted molar refractivity (Wildman–Crippen MR) is 100 cm³/mol. The van der Waals surface area contributed by atoms with E-state index in [-0.39, 0.29) is 23.0 Å². The predicted octanol–water partition coefficient (Wildman–Crippen LogP) is 4.77. The van der Waals surface area contributed by atoms with Crippen LogP contribution in [0.4, 0.5) is 0 Å². The Morgan fingerprint density at radius 2 is 2.00 bits per heavy atom.